The van der Waals surface area contributed by atoms with Crippen molar-refractivity contribution in [2.45, 2.75) is 57.1 Å². The van der Waals surface area contributed by atoms with Crippen LogP contribution in [0.2, 0.25) is 0 Å². The van der Waals surface area contributed by atoms with Crippen LogP contribution < -0.4 is 15.8 Å². The smallest absolute Gasteiger partial charge is 0.254 e. The van der Waals surface area contributed by atoms with Gasteiger partial charge in [0.05, 0.1) is 17.7 Å². The highest BCUT2D eigenvalue weighted by molar-refractivity contribution is 5.95. The Hall–Kier alpha value is -2.44. The Morgan fingerprint density at radius 1 is 1.07 bits per heavy atom. The Morgan fingerprint density at radius 3 is 2.48 bits per heavy atom. The van der Waals surface area contributed by atoms with Gasteiger partial charge in [-0.1, -0.05) is 37.8 Å². The standard InChI is InChI=1S/C23H29FN2O3/c24-20-12-11-18(29-17-9-7-16(8-10-17)13-14-25)15-19(20)23(28)26-21-5-3-1-2-4-6-22(21)27/h7-12,15,21-22,27H,1-6,13-14,25H2,(H,26,28)/t21-,22-/m0/s1. The maximum atomic E-state index is 14.3. The summed E-state index contributed by atoms with van der Waals surface area (Å²) in [6.45, 7) is 0.576. The van der Waals surface area contributed by atoms with Crippen LogP contribution in [0.4, 0.5) is 4.39 Å². The molecule has 1 saturated carbocycles. The Labute approximate surface area is 171 Å². The Kier molecular flexibility index (Phi) is 7.61. The predicted octanol–water partition coefficient (Wildman–Crippen LogP) is 3.93. The minimum atomic E-state index is -0.617. The first kappa shape index (κ1) is 21.3. The minimum absolute atomic E-state index is 0.0866. The Bertz CT molecular complexity index is 810. The van der Waals surface area contributed by atoms with E-state index < -0.39 is 17.8 Å². The molecule has 1 aliphatic carbocycles. The highest BCUT2D eigenvalue weighted by Gasteiger charge is 2.24. The van der Waals surface area contributed by atoms with Crippen LogP contribution >= 0.6 is 0 Å². The van der Waals surface area contributed by atoms with Crippen molar-refractivity contribution in [3.05, 3.63) is 59.4 Å². The molecule has 0 saturated heterocycles. The Balaban J connectivity index is 1.69. The molecule has 0 aromatic heterocycles. The summed E-state index contributed by atoms with van der Waals surface area (Å²) in [6, 6.07) is 11.2. The summed E-state index contributed by atoms with van der Waals surface area (Å²) < 4.78 is 20.1. The van der Waals surface area contributed by atoms with Gasteiger partial charge >= 0.3 is 0 Å². The molecule has 1 amide bonds. The van der Waals surface area contributed by atoms with Gasteiger partial charge in [-0.05, 0) is 61.7 Å². The van der Waals surface area contributed by atoms with Gasteiger partial charge in [0.15, 0.2) is 0 Å². The SMILES string of the molecule is NCCc1ccc(Oc2ccc(F)c(C(=O)N[C@H]3CCCCCC[C@@H]3O)c2)cc1. The number of amides is 1. The molecule has 1 aliphatic rings. The van der Waals surface area contributed by atoms with E-state index in [1.807, 2.05) is 24.3 Å². The normalized spacial score (nSPS) is 19.8. The zero-order valence-corrected chi connectivity index (χ0v) is 16.6. The van der Waals surface area contributed by atoms with E-state index >= 15 is 0 Å². The number of aliphatic hydroxyl groups excluding tert-OH is 1. The van der Waals surface area contributed by atoms with Crippen molar-refractivity contribution >= 4 is 5.91 Å². The van der Waals surface area contributed by atoms with Gasteiger partial charge in [-0.25, -0.2) is 4.39 Å². The molecule has 1 fully saturated rings. The van der Waals surface area contributed by atoms with E-state index in [9.17, 15) is 14.3 Å². The third kappa shape index (κ3) is 6.02. The summed E-state index contributed by atoms with van der Waals surface area (Å²) in [4.78, 5) is 12.7. The lowest BCUT2D eigenvalue weighted by Crippen LogP contribution is -2.44. The fraction of sp³-hybridized carbons (Fsp3) is 0.435. The number of nitrogens with one attached hydrogen (secondary N) is 1. The largest absolute Gasteiger partial charge is 0.457 e. The molecule has 0 heterocycles. The molecule has 29 heavy (non-hydrogen) atoms. The molecule has 2 aromatic rings. The highest BCUT2D eigenvalue weighted by Crippen LogP contribution is 2.25. The van der Waals surface area contributed by atoms with E-state index in [1.165, 1.54) is 18.2 Å². The third-order valence-corrected chi connectivity index (χ3v) is 5.32. The van der Waals surface area contributed by atoms with Crippen molar-refractivity contribution in [3.8, 4) is 11.5 Å². The van der Waals surface area contributed by atoms with Crippen LogP contribution in [-0.4, -0.2) is 29.7 Å². The fourth-order valence-corrected chi connectivity index (χ4v) is 3.65. The third-order valence-electron chi connectivity index (χ3n) is 5.32. The molecule has 0 aliphatic heterocycles. The van der Waals surface area contributed by atoms with Gasteiger partial charge in [0.2, 0.25) is 0 Å². The summed E-state index contributed by atoms with van der Waals surface area (Å²) >= 11 is 0. The van der Waals surface area contributed by atoms with Gasteiger partial charge in [0.1, 0.15) is 17.3 Å². The molecule has 2 aromatic carbocycles. The zero-order chi connectivity index (χ0) is 20.6. The number of nitrogens with two attached hydrogens (primary N) is 1. The number of aliphatic hydroxyl groups is 1. The van der Waals surface area contributed by atoms with Crippen LogP contribution in [0.5, 0.6) is 11.5 Å². The monoisotopic (exact) mass is 400 g/mol. The van der Waals surface area contributed by atoms with E-state index in [0.29, 0.717) is 30.9 Å². The van der Waals surface area contributed by atoms with Gasteiger partial charge in [-0.3, -0.25) is 4.79 Å². The number of ether oxygens (including phenoxy) is 1. The van der Waals surface area contributed by atoms with E-state index in [-0.39, 0.29) is 11.6 Å². The topological polar surface area (TPSA) is 84.6 Å². The van der Waals surface area contributed by atoms with Gasteiger partial charge in [0, 0.05) is 0 Å². The van der Waals surface area contributed by atoms with Gasteiger partial charge < -0.3 is 20.9 Å². The van der Waals surface area contributed by atoms with Crippen LogP contribution in [0.3, 0.4) is 0 Å². The van der Waals surface area contributed by atoms with Crippen molar-refractivity contribution in [2.75, 3.05) is 6.54 Å². The fourth-order valence-electron chi connectivity index (χ4n) is 3.65. The number of benzene rings is 2. The number of hydrogen-bond acceptors (Lipinski definition) is 4. The van der Waals surface area contributed by atoms with Crippen molar-refractivity contribution in [3.63, 3.8) is 0 Å². The van der Waals surface area contributed by atoms with Gasteiger partial charge in [-0.2, -0.15) is 0 Å². The lowest BCUT2D eigenvalue weighted by molar-refractivity contribution is 0.0767. The number of halogens is 1. The van der Waals surface area contributed by atoms with Crippen molar-refractivity contribution in [1.82, 2.24) is 5.32 Å². The molecule has 0 radical (unpaired) electrons. The average Bonchev–Trinajstić information content (AvgIpc) is 2.71. The zero-order valence-electron chi connectivity index (χ0n) is 16.6. The molecule has 0 unspecified atom stereocenters. The van der Waals surface area contributed by atoms with Gasteiger partial charge in [0.25, 0.3) is 5.91 Å². The number of carbonyl (C=O) groups is 1. The molecule has 156 valence electrons. The molecule has 0 bridgehead atoms. The lowest BCUT2D eigenvalue weighted by Gasteiger charge is -2.26. The summed E-state index contributed by atoms with van der Waals surface area (Å²) in [5.41, 5.74) is 6.57. The summed E-state index contributed by atoms with van der Waals surface area (Å²) in [5, 5.41) is 13.1. The van der Waals surface area contributed by atoms with E-state index in [1.54, 1.807) is 0 Å². The first-order valence-electron chi connectivity index (χ1n) is 10.3. The molecule has 2 atom stereocenters. The average molecular weight is 400 g/mol. The van der Waals surface area contributed by atoms with Crippen LogP contribution in [0.25, 0.3) is 0 Å². The van der Waals surface area contributed by atoms with Gasteiger partial charge in [-0.15, -0.1) is 0 Å². The molecular formula is C23H29FN2O3. The van der Waals surface area contributed by atoms with Crippen molar-refractivity contribution in [1.29, 1.82) is 0 Å². The predicted molar refractivity (Wildman–Crippen MR) is 111 cm³/mol. The van der Waals surface area contributed by atoms with Crippen LogP contribution in [-0.2, 0) is 6.42 Å². The lowest BCUT2D eigenvalue weighted by atomic mass is 9.94. The first-order valence-corrected chi connectivity index (χ1v) is 10.3. The van der Waals surface area contributed by atoms with E-state index in [0.717, 1.165) is 37.7 Å². The molecular weight excluding hydrogens is 371 g/mol. The summed E-state index contributed by atoms with van der Waals surface area (Å²) in [5.74, 6) is -0.176. The Morgan fingerprint density at radius 2 is 1.76 bits per heavy atom. The minimum Gasteiger partial charge on any atom is -0.457 e. The highest BCUT2D eigenvalue weighted by atomic mass is 19.1. The second-order valence-electron chi connectivity index (χ2n) is 7.57. The summed E-state index contributed by atoms with van der Waals surface area (Å²) in [6.07, 6.45) is 5.59. The molecule has 5 nitrogen and oxygen atoms in total. The molecule has 0 spiro atoms. The first-order chi connectivity index (χ1) is 14.1. The van der Waals surface area contributed by atoms with Crippen molar-refractivity contribution < 1.29 is 19.0 Å². The molecule has 4 N–H and O–H groups in total. The van der Waals surface area contributed by atoms with Crippen LogP contribution in [0, 0.1) is 5.82 Å². The number of rotatable bonds is 6. The maximum Gasteiger partial charge on any atom is 0.254 e. The second-order valence-corrected chi connectivity index (χ2v) is 7.57. The molecule has 3 rings (SSSR count). The number of hydrogen-bond donors (Lipinski definition) is 3. The van der Waals surface area contributed by atoms with Crippen LogP contribution in [0.1, 0.15) is 54.4 Å². The second kappa shape index (κ2) is 10.4. The number of carbonyl (C=O) groups excluding carboxylic acids is 1. The maximum absolute atomic E-state index is 14.3. The van der Waals surface area contributed by atoms with Crippen LogP contribution in [0.15, 0.2) is 42.5 Å². The summed E-state index contributed by atoms with van der Waals surface area (Å²) in [7, 11) is 0. The van der Waals surface area contributed by atoms with E-state index in [2.05, 4.69) is 5.32 Å². The molecule has 6 heteroatoms. The quantitative estimate of drug-likeness (QED) is 0.686. The van der Waals surface area contributed by atoms with E-state index in [4.69, 9.17) is 10.5 Å². The van der Waals surface area contributed by atoms with Crippen molar-refractivity contribution in [2.24, 2.45) is 5.73 Å².